The summed E-state index contributed by atoms with van der Waals surface area (Å²) < 4.78 is 23.3. The lowest BCUT2D eigenvalue weighted by molar-refractivity contribution is -0.143. The second-order valence-corrected chi connectivity index (χ2v) is 9.45. The van der Waals surface area contributed by atoms with Gasteiger partial charge in [0, 0.05) is 28.4 Å². The van der Waals surface area contributed by atoms with Crippen LogP contribution in [0.15, 0.2) is 65.0 Å². The highest BCUT2D eigenvalue weighted by molar-refractivity contribution is 5.99. The molecular formula is C30H35N5O8. The van der Waals surface area contributed by atoms with Gasteiger partial charge in [-0.15, -0.1) is 0 Å². The molecule has 2 heterocycles. The first-order valence-corrected chi connectivity index (χ1v) is 13.7. The van der Waals surface area contributed by atoms with E-state index in [0.29, 0.717) is 36.0 Å². The van der Waals surface area contributed by atoms with Crippen LogP contribution < -0.4 is 25.5 Å². The topological polar surface area (TPSA) is 162 Å². The highest BCUT2D eigenvalue weighted by atomic mass is 16.5. The standard InChI is InChI=1S/C30H35N5O8/c1-5-41-24-13-19(28-27(29(38)40-4)18(3)32-30(39)33-28)11-12-23(24)43-17-25(36)34-31-14-20-15-35(16-26(37)42-6-2)22-10-8-7-9-21(20)22/h7-15,25,28,34,36H,5-6,16-17H2,1-4H3,(H2,32,33,39)/b31-14+/t25-,28+/m0/s1. The van der Waals surface area contributed by atoms with E-state index < -0.39 is 24.3 Å². The van der Waals surface area contributed by atoms with E-state index in [9.17, 15) is 19.5 Å². The lowest BCUT2D eigenvalue weighted by Crippen LogP contribution is -2.45. The second kappa shape index (κ2) is 14.2. The van der Waals surface area contributed by atoms with E-state index in [-0.39, 0.29) is 24.7 Å². The monoisotopic (exact) mass is 593 g/mol. The van der Waals surface area contributed by atoms with Gasteiger partial charge in [-0.2, -0.15) is 5.10 Å². The van der Waals surface area contributed by atoms with E-state index >= 15 is 0 Å². The molecule has 4 N–H and O–H groups in total. The summed E-state index contributed by atoms with van der Waals surface area (Å²) in [6.45, 7) is 5.71. The number of fused-ring (bicyclic) bond motifs is 1. The van der Waals surface area contributed by atoms with Gasteiger partial charge < -0.3 is 39.3 Å². The lowest BCUT2D eigenvalue weighted by Gasteiger charge is -2.28. The minimum atomic E-state index is -1.17. The Kier molecular flexibility index (Phi) is 10.2. The maximum absolute atomic E-state index is 12.4. The van der Waals surface area contributed by atoms with Crippen LogP contribution in [-0.4, -0.2) is 67.0 Å². The Balaban J connectivity index is 1.44. The molecular weight excluding hydrogens is 558 g/mol. The number of aliphatic hydroxyl groups is 1. The third-order valence-corrected chi connectivity index (χ3v) is 6.52. The van der Waals surface area contributed by atoms with Crippen molar-refractivity contribution in [2.24, 2.45) is 5.10 Å². The molecule has 3 aromatic rings. The predicted octanol–water partition coefficient (Wildman–Crippen LogP) is 2.72. The molecule has 0 spiro atoms. The lowest BCUT2D eigenvalue weighted by atomic mass is 9.95. The number of aromatic nitrogens is 1. The third kappa shape index (κ3) is 7.43. The third-order valence-electron chi connectivity index (χ3n) is 6.52. The van der Waals surface area contributed by atoms with E-state index in [1.165, 1.54) is 7.11 Å². The normalized spacial score (nSPS) is 15.6. The zero-order chi connectivity index (χ0) is 30.9. The number of methoxy groups -OCH3 is 1. The van der Waals surface area contributed by atoms with Crippen molar-refractivity contribution in [1.82, 2.24) is 20.6 Å². The molecule has 4 rings (SSSR count). The van der Waals surface area contributed by atoms with Gasteiger partial charge in [0.15, 0.2) is 17.7 Å². The highest BCUT2D eigenvalue weighted by Crippen LogP contribution is 2.35. The molecule has 1 aliphatic heterocycles. The van der Waals surface area contributed by atoms with Crippen LogP contribution >= 0.6 is 0 Å². The molecule has 13 heteroatoms. The van der Waals surface area contributed by atoms with Crippen LogP contribution in [-0.2, 0) is 25.6 Å². The SMILES string of the molecule is CCOC(=O)Cn1cc(/C=N/N[C@@H](O)COc2ccc([C@H]3NC(=O)NC(C)=C3C(=O)OC)cc2OCC)c2ccccc21. The molecule has 0 unspecified atom stereocenters. The number of nitrogens with zero attached hydrogens (tertiary/aromatic N) is 2. The highest BCUT2D eigenvalue weighted by Gasteiger charge is 2.32. The van der Waals surface area contributed by atoms with Crippen LogP contribution in [0.3, 0.4) is 0 Å². The summed E-state index contributed by atoms with van der Waals surface area (Å²) in [6, 6.07) is 11.3. The number of amides is 2. The minimum absolute atomic E-state index is 0.0664. The molecule has 0 saturated carbocycles. The Bertz CT molecular complexity index is 1550. The average Bonchev–Trinajstić information content (AvgIpc) is 3.32. The number of benzene rings is 2. The molecule has 0 radical (unpaired) electrons. The van der Waals surface area contributed by atoms with Crippen molar-refractivity contribution in [2.45, 2.75) is 39.6 Å². The number of nitrogens with one attached hydrogen (secondary N) is 3. The first-order valence-electron chi connectivity index (χ1n) is 13.7. The minimum Gasteiger partial charge on any atom is -0.490 e. The Hall–Kier alpha value is -5.04. The number of ether oxygens (including phenoxy) is 4. The number of hydrogen-bond acceptors (Lipinski definition) is 10. The van der Waals surface area contributed by atoms with E-state index in [0.717, 1.165) is 16.5 Å². The number of allylic oxidation sites excluding steroid dienone is 1. The molecule has 228 valence electrons. The fourth-order valence-electron chi connectivity index (χ4n) is 4.67. The van der Waals surface area contributed by atoms with Gasteiger partial charge in [-0.1, -0.05) is 24.3 Å². The number of rotatable bonds is 13. The average molecular weight is 594 g/mol. The summed E-state index contributed by atoms with van der Waals surface area (Å²) in [6.07, 6.45) is 2.17. The first kappa shape index (κ1) is 30.9. The smallest absolute Gasteiger partial charge is 0.337 e. The van der Waals surface area contributed by atoms with Crippen molar-refractivity contribution >= 4 is 35.1 Å². The number of carbonyl (C=O) groups excluding carboxylic acids is 3. The Morgan fingerprint density at radius 3 is 2.67 bits per heavy atom. The fourth-order valence-corrected chi connectivity index (χ4v) is 4.67. The molecule has 1 aliphatic rings. The van der Waals surface area contributed by atoms with E-state index in [2.05, 4.69) is 21.2 Å². The number of hydrogen-bond donors (Lipinski definition) is 4. The zero-order valence-electron chi connectivity index (χ0n) is 24.4. The van der Waals surface area contributed by atoms with Gasteiger partial charge in [0.05, 0.1) is 38.2 Å². The first-order chi connectivity index (χ1) is 20.7. The summed E-state index contributed by atoms with van der Waals surface area (Å²) in [5.41, 5.74) is 5.46. The number of hydrazone groups is 1. The molecule has 0 bridgehead atoms. The van der Waals surface area contributed by atoms with E-state index in [1.54, 1.807) is 49.0 Å². The molecule has 1 aromatic heterocycles. The van der Waals surface area contributed by atoms with Gasteiger partial charge >= 0.3 is 18.0 Å². The maximum atomic E-state index is 12.4. The second-order valence-electron chi connectivity index (χ2n) is 9.45. The number of aliphatic hydroxyl groups excluding tert-OH is 1. The van der Waals surface area contributed by atoms with Gasteiger partial charge in [0.25, 0.3) is 0 Å². The fraction of sp³-hybridized carbons (Fsp3) is 0.333. The van der Waals surface area contributed by atoms with Crippen LogP contribution in [0.5, 0.6) is 11.5 Å². The zero-order valence-corrected chi connectivity index (χ0v) is 24.4. The van der Waals surface area contributed by atoms with Gasteiger partial charge in [-0.3, -0.25) is 10.2 Å². The quantitative estimate of drug-likeness (QED) is 0.101. The Morgan fingerprint density at radius 1 is 1.14 bits per heavy atom. The molecule has 13 nitrogen and oxygen atoms in total. The van der Waals surface area contributed by atoms with Gasteiger partial charge in [-0.05, 0) is 44.5 Å². The van der Waals surface area contributed by atoms with Crippen molar-refractivity contribution in [3.05, 3.63) is 71.1 Å². The molecule has 2 aromatic carbocycles. The molecule has 0 aliphatic carbocycles. The van der Waals surface area contributed by atoms with Crippen LogP contribution in [0, 0.1) is 0 Å². The van der Waals surface area contributed by atoms with E-state index in [1.807, 2.05) is 31.2 Å². The number of esters is 2. The van der Waals surface area contributed by atoms with Gasteiger partial charge in [0.2, 0.25) is 0 Å². The maximum Gasteiger partial charge on any atom is 0.337 e. The van der Waals surface area contributed by atoms with Crippen molar-refractivity contribution in [3.63, 3.8) is 0 Å². The van der Waals surface area contributed by atoms with Crippen molar-refractivity contribution in [2.75, 3.05) is 26.9 Å². The largest absolute Gasteiger partial charge is 0.490 e. The predicted molar refractivity (Wildman–Crippen MR) is 158 cm³/mol. The van der Waals surface area contributed by atoms with Crippen molar-refractivity contribution < 1.29 is 38.4 Å². The van der Waals surface area contributed by atoms with Gasteiger partial charge in [0.1, 0.15) is 13.2 Å². The van der Waals surface area contributed by atoms with E-state index in [4.69, 9.17) is 18.9 Å². The number of para-hydroxylation sites is 1. The summed E-state index contributed by atoms with van der Waals surface area (Å²) >= 11 is 0. The molecule has 2 atom stereocenters. The number of carbonyl (C=O) groups is 3. The molecule has 43 heavy (non-hydrogen) atoms. The van der Waals surface area contributed by atoms with Crippen molar-refractivity contribution in [1.29, 1.82) is 0 Å². The molecule has 0 saturated heterocycles. The molecule has 0 fully saturated rings. The van der Waals surface area contributed by atoms with Crippen LogP contribution in [0.4, 0.5) is 4.79 Å². The van der Waals surface area contributed by atoms with Crippen molar-refractivity contribution in [3.8, 4) is 11.5 Å². The Labute approximate surface area is 248 Å². The van der Waals surface area contributed by atoms with Gasteiger partial charge in [-0.25, -0.2) is 9.59 Å². The summed E-state index contributed by atoms with van der Waals surface area (Å²) in [5, 5.41) is 20.8. The van der Waals surface area contributed by atoms with Crippen LogP contribution in [0.2, 0.25) is 0 Å². The summed E-state index contributed by atoms with van der Waals surface area (Å²) in [7, 11) is 1.27. The van der Waals surface area contributed by atoms with Crippen LogP contribution in [0.1, 0.15) is 37.9 Å². The number of urea groups is 1. The summed E-state index contributed by atoms with van der Waals surface area (Å²) in [5.74, 6) is -0.211. The molecule has 2 amide bonds. The summed E-state index contributed by atoms with van der Waals surface area (Å²) in [4.78, 5) is 36.6. The Morgan fingerprint density at radius 2 is 1.93 bits per heavy atom. The van der Waals surface area contributed by atoms with Crippen LogP contribution in [0.25, 0.3) is 10.9 Å².